The van der Waals surface area contributed by atoms with Gasteiger partial charge in [-0.3, -0.25) is 14.4 Å². The van der Waals surface area contributed by atoms with Crippen molar-refractivity contribution < 1.29 is 23.2 Å². The Kier molecular flexibility index (Phi) is 5.96. The number of hydrogen-bond acceptors (Lipinski definition) is 4. The molecule has 24 heavy (non-hydrogen) atoms. The fraction of sp³-hybridized carbons (Fsp3) is 0.133. The molecule has 2 aromatic rings. The Morgan fingerprint density at radius 2 is 1.75 bits per heavy atom. The summed E-state index contributed by atoms with van der Waals surface area (Å²) >= 11 is 1.23. The first-order chi connectivity index (χ1) is 11.5. The molecule has 0 atom stereocenters. The lowest BCUT2D eigenvalue weighted by molar-refractivity contribution is -0.123. The van der Waals surface area contributed by atoms with E-state index in [4.69, 9.17) is 0 Å². The molecule has 6 nitrogen and oxygen atoms in total. The molecule has 0 saturated heterocycles. The van der Waals surface area contributed by atoms with Crippen LogP contribution in [0.1, 0.15) is 9.67 Å². The zero-order chi connectivity index (χ0) is 17.5. The van der Waals surface area contributed by atoms with Crippen LogP contribution >= 0.6 is 11.3 Å². The number of carbonyl (C=O) groups is 3. The summed E-state index contributed by atoms with van der Waals surface area (Å²) in [4.78, 5) is 35.3. The van der Waals surface area contributed by atoms with Crippen LogP contribution in [0.5, 0.6) is 0 Å². The Bertz CT molecular complexity index is 750. The molecule has 3 N–H and O–H groups in total. The van der Waals surface area contributed by atoms with Gasteiger partial charge in [0, 0.05) is 6.07 Å². The van der Waals surface area contributed by atoms with Crippen LogP contribution in [0.4, 0.5) is 14.5 Å². The van der Waals surface area contributed by atoms with E-state index in [-0.39, 0.29) is 12.2 Å². The average Bonchev–Trinajstić information content (AvgIpc) is 3.08. The van der Waals surface area contributed by atoms with E-state index < -0.39 is 35.9 Å². The minimum Gasteiger partial charge on any atom is -0.345 e. The Balaban J connectivity index is 1.73. The molecule has 0 spiro atoms. The molecule has 2 rings (SSSR count). The topological polar surface area (TPSA) is 87.3 Å². The van der Waals surface area contributed by atoms with Gasteiger partial charge in [-0.05, 0) is 23.6 Å². The van der Waals surface area contributed by atoms with Gasteiger partial charge >= 0.3 is 0 Å². The summed E-state index contributed by atoms with van der Waals surface area (Å²) in [5.74, 6) is -3.33. The first-order valence-corrected chi connectivity index (χ1v) is 7.67. The SMILES string of the molecule is O=C(CNC(=O)c1cccs1)NCC(=O)Nc1ccc(F)cc1F. The number of amides is 3. The lowest BCUT2D eigenvalue weighted by atomic mass is 10.3. The second-order valence-corrected chi connectivity index (χ2v) is 5.56. The predicted molar refractivity (Wildman–Crippen MR) is 84.6 cm³/mol. The maximum absolute atomic E-state index is 13.4. The van der Waals surface area contributed by atoms with Crippen molar-refractivity contribution in [2.45, 2.75) is 0 Å². The van der Waals surface area contributed by atoms with E-state index in [1.54, 1.807) is 17.5 Å². The highest BCUT2D eigenvalue weighted by Crippen LogP contribution is 2.14. The largest absolute Gasteiger partial charge is 0.345 e. The predicted octanol–water partition coefficient (Wildman–Crippen LogP) is 1.51. The van der Waals surface area contributed by atoms with Crippen molar-refractivity contribution in [1.82, 2.24) is 10.6 Å². The molecular formula is C15H13F2N3O3S. The molecular weight excluding hydrogens is 340 g/mol. The zero-order valence-electron chi connectivity index (χ0n) is 12.3. The summed E-state index contributed by atoms with van der Waals surface area (Å²) < 4.78 is 26.1. The van der Waals surface area contributed by atoms with Crippen LogP contribution in [-0.4, -0.2) is 30.8 Å². The maximum Gasteiger partial charge on any atom is 0.261 e. The molecule has 0 radical (unpaired) electrons. The summed E-state index contributed by atoms with van der Waals surface area (Å²) in [7, 11) is 0. The summed E-state index contributed by atoms with van der Waals surface area (Å²) in [6.07, 6.45) is 0. The molecule has 0 bridgehead atoms. The van der Waals surface area contributed by atoms with Gasteiger partial charge in [0.15, 0.2) is 0 Å². The van der Waals surface area contributed by atoms with Gasteiger partial charge < -0.3 is 16.0 Å². The number of nitrogens with one attached hydrogen (secondary N) is 3. The van der Waals surface area contributed by atoms with Crippen molar-refractivity contribution >= 4 is 34.7 Å². The second kappa shape index (κ2) is 8.16. The summed E-state index contributed by atoms with van der Waals surface area (Å²) in [6.45, 7) is -0.709. The standard InChI is InChI=1S/C15H13F2N3O3S/c16-9-3-4-11(10(17)6-9)20-14(22)8-18-13(21)7-19-15(23)12-2-1-5-24-12/h1-6H,7-8H2,(H,18,21)(H,19,23)(H,20,22). The quantitative estimate of drug-likeness (QED) is 0.736. The fourth-order valence-electron chi connectivity index (χ4n) is 1.68. The normalized spacial score (nSPS) is 10.1. The molecule has 0 unspecified atom stereocenters. The molecule has 1 aromatic carbocycles. The van der Waals surface area contributed by atoms with E-state index in [1.807, 2.05) is 0 Å². The summed E-state index contributed by atoms with van der Waals surface area (Å²) in [5.41, 5.74) is -0.193. The first-order valence-electron chi connectivity index (χ1n) is 6.79. The maximum atomic E-state index is 13.4. The lowest BCUT2D eigenvalue weighted by Gasteiger charge is -2.08. The number of benzene rings is 1. The first kappa shape index (κ1) is 17.5. The van der Waals surface area contributed by atoms with Gasteiger partial charge in [0.2, 0.25) is 11.8 Å². The number of anilines is 1. The molecule has 0 fully saturated rings. The van der Waals surface area contributed by atoms with Gasteiger partial charge in [0.05, 0.1) is 23.7 Å². The van der Waals surface area contributed by atoms with E-state index in [2.05, 4.69) is 16.0 Å². The van der Waals surface area contributed by atoms with E-state index in [9.17, 15) is 23.2 Å². The lowest BCUT2D eigenvalue weighted by Crippen LogP contribution is -2.40. The highest BCUT2D eigenvalue weighted by molar-refractivity contribution is 7.12. The van der Waals surface area contributed by atoms with E-state index in [0.29, 0.717) is 10.9 Å². The van der Waals surface area contributed by atoms with Crippen LogP contribution in [0.3, 0.4) is 0 Å². The Morgan fingerprint density at radius 1 is 1.00 bits per heavy atom. The van der Waals surface area contributed by atoms with Gasteiger partial charge in [-0.1, -0.05) is 6.07 Å². The van der Waals surface area contributed by atoms with Crippen LogP contribution in [0.15, 0.2) is 35.7 Å². The monoisotopic (exact) mass is 353 g/mol. The van der Waals surface area contributed by atoms with Crippen molar-refractivity contribution in [1.29, 1.82) is 0 Å². The third-order valence-electron chi connectivity index (χ3n) is 2.81. The number of halogens is 2. The van der Waals surface area contributed by atoms with Crippen LogP contribution in [0.2, 0.25) is 0 Å². The van der Waals surface area contributed by atoms with Crippen molar-refractivity contribution in [3.63, 3.8) is 0 Å². The molecule has 0 saturated carbocycles. The average molecular weight is 353 g/mol. The third-order valence-corrected chi connectivity index (χ3v) is 3.67. The van der Waals surface area contributed by atoms with Crippen molar-refractivity contribution in [3.8, 4) is 0 Å². The molecule has 3 amide bonds. The van der Waals surface area contributed by atoms with E-state index >= 15 is 0 Å². The van der Waals surface area contributed by atoms with Crippen molar-refractivity contribution in [2.24, 2.45) is 0 Å². The molecule has 1 aromatic heterocycles. The summed E-state index contributed by atoms with van der Waals surface area (Å²) in [6, 6.07) is 6.03. The Hall–Kier alpha value is -2.81. The van der Waals surface area contributed by atoms with Gasteiger partial charge in [-0.25, -0.2) is 8.78 Å². The highest BCUT2D eigenvalue weighted by atomic mass is 32.1. The highest BCUT2D eigenvalue weighted by Gasteiger charge is 2.11. The third kappa shape index (κ3) is 5.13. The van der Waals surface area contributed by atoms with Gasteiger partial charge in [0.25, 0.3) is 5.91 Å². The number of rotatable bonds is 6. The van der Waals surface area contributed by atoms with Gasteiger partial charge in [-0.15, -0.1) is 11.3 Å². The van der Waals surface area contributed by atoms with Crippen LogP contribution < -0.4 is 16.0 Å². The smallest absolute Gasteiger partial charge is 0.261 e. The minimum absolute atomic E-state index is 0.193. The summed E-state index contributed by atoms with van der Waals surface area (Å²) in [5, 5.41) is 8.60. The van der Waals surface area contributed by atoms with Crippen molar-refractivity contribution in [3.05, 3.63) is 52.2 Å². The van der Waals surface area contributed by atoms with Crippen LogP contribution in [0, 0.1) is 11.6 Å². The molecule has 0 aliphatic carbocycles. The fourth-order valence-corrected chi connectivity index (χ4v) is 2.32. The van der Waals surface area contributed by atoms with E-state index in [1.165, 1.54) is 11.3 Å². The minimum atomic E-state index is -0.919. The zero-order valence-corrected chi connectivity index (χ0v) is 13.1. The van der Waals surface area contributed by atoms with E-state index in [0.717, 1.165) is 12.1 Å². The van der Waals surface area contributed by atoms with Crippen LogP contribution in [-0.2, 0) is 9.59 Å². The van der Waals surface area contributed by atoms with Gasteiger partial charge in [-0.2, -0.15) is 0 Å². The van der Waals surface area contributed by atoms with Crippen LogP contribution in [0.25, 0.3) is 0 Å². The molecule has 1 heterocycles. The Labute approximate surface area is 139 Å². The molecule has 0 aliphatic heterocycles. The second-order valence-electron chi connectivity index (χ2n) is 4.61. The molecule has 0 aliphatic rings. The molecule has 9 heteroatoms. The van der Waals surface area contributed by atoms with Gasteiger partial charge in [0.1, 0.15) is 11.6 Å². The number of carbonyl (C=O) groups excluding carboxylic acids is 3. The van der Waals surface area contributed by atoms with Crippen molar-refractivity contribution in [2.75, 3.05) is 18.4 Å². The number of hydrogen-bond donors (Lipinski definition) is 3. The molecule has 126 valence electrons. The Morgan fingerprint density at radius 3 is 2.42 bits per heavy atom. The number of thiophene rings is 1.